The quantitative estimate of drug-likeness (QED) is 0.333. The van der Waals surface area contributed by atoms with Gasteiger partial charge in [0.1, 0.15) is 17.4 Å². The van der Waals surface area contributed by atoms with Crippen LogP contribution >= 0.6 is 11.6 Å². The number of carbonyl (C=O) groups is 1. The molecule has 0 bridgehead atoms. The van der Waals surface area contributed by atoms with Gasteiger partial charge in [-0.2, -0.15) is 13.9 Å². The van der Waals surface area contributed by atoms with E-state index in [9.17, 15) is 22.4 Å². The number of nitrogens with zero attached hydrogens (tertiary/aromatic N) is 2. The fourth-order valence-electron chi connectivity index (χ4n) is 2.40. The first-order valence-electron chi connectivity index (χ1n) is 8.26. The Hall–Kier alpha value is -3.07. The first-order chi connectivity index (χ1) is 13.6. The van der Waals surface area contributed by atoms with Gasteiger partial charge in [-0.25, -0.2) is 8.78 Å². The molecule has 5 nitrogen and oxygen atoms in total. The van der Waals surface area contributed by atoms with E-state index in [1.165, 1.54) is 29.1 Å². The zero-order valence-electron chi connectivity index (χ0n) is 14.9. The molecule has 1 N–H and O–H groups in total. The third-order valence-corrected chi connectivity index (χ3v) is 4.17. The van der Waals surface area contributed by atoms with E-state index in [0.717, 1.165) is 31.2 Å². The molecule has 0 radical (unpaired) electrons. The van der Waals surface area contributed by atoms with E-state index in [4.69, 9.17) is 16.0 Å². The average molecular weight is 428 g/mol. The van der Waals surface area contributed by atoms with Gasteiger partial charge in [0.05, 0.1) is 11.6 Å². The SMILES string of the molecule is CC(F)(F)c1ccc(Cn2ccc(NC(=O)C=Cc3c(F)ccc(F)c3Cl)n2)o1. The van der Waals surface area contributed by atoms with Gasteiger partial charge in [-0.1, -0.05) is 11.6 Å². The van der Waals surface area contributed by atoms with Gasteiger partial charge >= 0.3 is 5.92 Å². The van der Waals surface area contributed by atoms with Crippen LogP contribution in [0, 0.1) is 11.6 Å². The Balaban J connectivity index is 1.63. The van der Waals surface area contributed by atoms with Crippen LogP contribution in [0.4, 0.5) is 23.4 Å². The van der Waals surface area contributed by atoms with Crippen molar-refractivity contribution in [3.63, 3.8) is 0 Å². The van der Waals surface area contributed by atoms with E-state index in [-0.39, 0.29) is 23.7 Å². The van der Waals surface area contributed by atoms with E-state index < -0.39 is 34.2 Å². The number of nitrogens with one attached hydrogen (secondary N) is 1. The molecule has 0 saturated heterocycles. The molecule has 0 aliphatic carbocycles. The topological polar surface area (TPSA) is 60.1 Å². The van der Waals surface area contributed by atoms with E-state index >= 15 is 0 Å². The normalized spacial score (nSPS) is 11.9. The summed E-state index contributed by atoms with van der Waals surface area (Å²) in [7, 11) is 0. The van der Waals surface area contributed by atoms with Crippen molar-refractivity contribution in [3.05, 3.63) is 76.3 Å². The Morgan fingerprint density at radius 1 is 1.24 bits per heavy atom. The number of rotatable bonds is 6. The van der Waals surface area contributed by atoms with E-state index in [1.54, 1.807) is 0 Å². The third-order valence-electron chi connectivity index (χ3n) is 3.78. The second kappa shape index (κ2) is 8.12. The van der Waals surface area contributed by atoms with Crippen LogP contribution in [-0.4, -0.2) is 15.7 Å². The second-order valence-corrected chi connectivity index (χ2v) is 6.51. The molecule has 0 spiro atoms. The molecule has 2 aromatic heterocycles. The number of hydrogen-bond donors (Lipinski definition) is 1. The summed E-state index contributed by atoms with van der Waals surface area (Å²) in [6.45, 7) is 0.805. The minimum atomic E-state index is -3.09. The molecular formula is C19H14ClF4N3O2. The van der Waals surface area contributed by atoms with Crippen LogP contribution in [0.1, 0.15) is 24.0 Å². The zero-order valence-corrected chi connectivity index (χ0v) is 15.7. The van der Waals surface area contributed by atoms with Crippen LogP contribution in [0.15, 0.2) is 47.0 Å². The molecule has 0 saturated carbocycles. The molecule has 10 heteroatoms. The molecule has 152 valence electrons. The van der Waals surface area contributed by atoms with Gasteiger partial charge in [0.2, 0.25) is 5.91 Å². The molecule has 0 unspecified atom stereocenters. The summed E-state index contributed by atoms with van der Waals surface area (Å²) in [5, 5.41) is 6.06. The fourth-order valence-corrected chi connectivity index (χ4v) is 2.61. The highest BCUT2D eigenvalue weighted by Crippen LogP contribution is 2.28. The molecular weight excluding hydrogens is 414 g/mol. The lowest BCUT2D eigenvalue weighted by Crippen LogP contribution is -2.09. The number of carbonyl (C=O) groups excluding carboxylic acids is 1. The maximum Gasteiger partial charge on any atom is 0.301 e. The number of anilines is 1. The average Bonchev–Trinajstić information content (AvgIpc) is 3.28. The molecule has 1 aromatic carbocycles. The number of hydrogen-bond acceptors (Lipinski definition) is 3. The zero-order chi connectivity index (χ0) is 21.2. The first kappa shape index (κ1) is 20.7. The molecule has 0 fully saturated rings. The van der Waals surface area contributed by atoms with Crippen molar-refractivity contribution in [1.29, 1.82) is 0 Å². The molecule has 1 amide bonds. The van der Waals surface area contributed by atoms with Crippen LogP contribution in [0.3, 0.4) is 0 Å². The maximum atomic E-state index is 13.7. The number of aromatic nitrogens is 2. The second-order valence-electron chi connectivity index (χ2n) is 6.13. The molecule has 3 aromatic rings. The Bertz CT molecular complexity index is 1070. The number of alkyl halides is 2. The Kier molecular flexibility index (Phi) is 5.78. The van der Waals surface area contributed by atoms with Crippen LogP contribution < -0.4 is 5.32 Å². The standard InChI is InChI=1S/C19H14ClF4N3O2/c1-19(23,24)15-6-2-11(29-15)10-27-9-8-16(26-27)25-17(28)7-3-12-13(21)4-5-14(22)18(12)20/h2-9H,10H2,1H3,(H,25,26,28). The number of furan rings is 1. The van der Waals surface area contributed by atoms with Crippen LogP contribution in [-0.2, 0) is 17.3 Å². The van der Waals surface area contributed by atoms with E-state index in [2.05, 4.69) is 10.4 Å². The summed E-state index contributed by atoms with van der Waals surface area (Å²) in [5.74, 6) is -5.36. The Morgan fingerprint density at radius 2 is 1.97 bits per heavy atom. The van der Waals surface area contributed by atoms with Gasteiger partial charge in [0, 0.05) is 30.8 Å². The van der Waals surface area contributed by atoms with E-state index in [1.807, 2.05) is 0 Å². The highest BCUT2D eigenvalue weighted by atomic mass is 35.5. The Labute approximate surface area is 167 Å². The smallest absolute Gasteiger partial charge is 0.301 e. The summed E-state index contributed by atoms with van der Waals surface area (Å²) >= 11 is 5.68. The van der Waals surface area contributed by atoms with Gasteiger partial charge < -0.3 is 9.73 Å². The molecule has 2 heterocycles. The van der Waals surface area contributed by atoms with Crippen molar-refractivity contribution in [2.24, 2.45) is 0 Å². The number of halogens is 5. The molecule has 0 aliphatic heterocycles. The largest absolute Gasteiger partial charge is 0.458 e. The lowest BCUT2D eigenvalue weighted by molar-refractivity contribution is -0.111. The summed E-state index contributed by atoms with van der Waals surface area (Å²) in [6.07, 6.45) is 3.53. The first-order valence-corrected chi connectivity index (χ1v) is 8.64. The van der Waals surface area contributed by atoms with E-state index in [0.29, 0.717) is 0 Å². The van der Waals surface area contributed by atoms with Gasteiger partial charge in [-0.15, -0.1) is 0 Å². The number of benzene rings is 1. The van der Waals surface area contributed by atoms with Crippen molar-refractivity contribution < 1.29 is 26.8 Å². The summed E-state index contributed by atoms with van der Waals surface area (Å²) in [6, 6.07) is 5.84. The lowest BCUT2D eigenvalue weighted by atomic mass is 10.2. The van der Waals surface area contributed by atoms with Crippen LogP contribution in [0.25, 0.3) is 6.08 Å². The van der Waals surface area contributed by atoms with Crippen molar-refractivity contribution >= 4 is 29.4 Å². The van der Waals surface area contributed by atoms with Crippen molar-refractivity contribution in [2.75, 3.05) is 5.32 Å². The predicted molar refractivity (Wildman–Crippen MR) is 98.6 cm³/mol. The summed E-state index contributed by atoms with van der Waals surface area (Å²) in [4.78, 5) is 12.0. The monoisotopic (exact) mass is 427 g/mol. The highest BCUT2D eigenvalue weighted by molar-refractivity contribution is 6.32. The predicted octanol–water partition coefficient (Wildman–Crippen LogP) is 5.22. The van der Waals surface area contributed by atoms with Gasteiger partial charge in [-0.05, 0) is 30.3 Å². The van der Waals surface area contributed by atoms with Crippen molar-refractivity contribution in [2.45, 2.75) is 19.4 Å². The van der Waals surface area contributed by atoms with Gasteiger partial charge in [-0.3, -0.25) is 9.48 Å². The molecule has 29 heavy (non-hydrogen) atoms. The summed E-state index contributed by atoms with van der Waals surface area (Å²) < 4.78 is 59.9. The lowest BCUT2D eigenvalue weighted by Gasteiger charge is -2.05. The van der Waals surface area contributed by atoms with Gasteiger partial charge in [0.25, 0.3) is 0 Å². The maximum absolute atomic E-state index is 13.7. The van der Waals surface area contributed by atoms with Gasteiger partial charge in [0.15, 0.2) is 11.6 Å². The van der Waals surface area contributed by atoms with Crippen LogP contribution in [0.5, 0.6) is 0 Å². The minimum Gasteiger partial charge on any atom is -0.458 e. The fraction of sp³-hybridized carbons (Fsp3) is 0.158. The molecule has 3 rings (SSSR count). The Morgan fingerprint density at radius 3 is 2.66 bits per heavy atom. The van der Waals surface area contributed by atoms with Crippen molar-refractivity contribution in [3.8, 4) is 0 Å². The molecule has 0 atom stereocenters. The molecule has 0 aliphatic rings. The number of amides is 1. The highest BCUT2D eigenvalue weighted by Gasteiger charge is 2.28. The summed E-state index contributed by atoms with van der Waals surface area (Å²) in [5.41, 5.74) is -0.256. The van der Waals surface area contributed by atoms with Crippen molar-refractivity contribution in [1.82, 2.24) is 9.78 Å². The minimum absolute atomic E-state index is 0.0753. The third kappa shape index (κ3) is 5.05. The van der Waals surface area contributed by atoms with Crippen LogP contribution in [0.2, 0.25) is 5.02 Å².